The predicted octanol–water partition coefficient (Wildman–Crippen LogP) is 4.87. The third-order valence-electron chi connectivity index (χ3n) is 4.88. The molecule has 0 aliphatic heterocycles. The van der Waals surface area contributed by atoms with Gasteiger partial charge in [-0.2, -0.15) is 5.10 Å². The molecule has 1 fully saturated rings. The second-order valence-electron chi connectivity index (χ2n) is 7.06. The molecule has 5 nitrogen and oxygen atoms in total. The Morgan fingerprint density at radius 2 is 1.96 bits per heavy atom. The number of ether oxygens (including phenoxy) is 1. The second kappa shape index (κ2) is 7.76. The summed E-state index contributed by atoms with van der Waals surface area (Å²) in [4.78, 5) is 16.9. The molecule has 1 aliphatic rings. The van der Waals surface area contributed by atoms with Crippen molar-refractivity contribution in [1.29, 1.82) is 0 Å². The van der Waals surface area contributed by atoms with Crippen molar-refractivity contribution < 1.29 is 9.53 Å². The quantitative estimate of drug-likeness (QED) is 0.558. The van der Waals surface area contributed by atoms with Crippen molar-refractivity contribution in [2.24, 2.45) is 0 Å². The van der Waals surface area contributed by atoms with E-state index < -0.39 is 0 Å². The molecule has 0 radical (unpaired) electrons. The van der Waals surface area contributed by atoms with Gasteiger partial charge in [-0.15, -0.1) is 0 Å². The van der Waals surface area contributed by atoms with Gasteiger partial charge in [-0.1, -0.05) is 23.7 Å². The van der Waals surface area contributed by atoms with Crippen LogP contribution in [0.1, 0.15) is 58.8 Å². The summed E-state index contributed by atoms with van der Waals surface area (Å²) < 4.78 is 7.05. The van der Waals surface area contributed by atoms with E-state index in [1.807, 2.05) is 54.9 Å². The Bertz CT molecular complexity index is 1010. The van der Waals surface area contributed by atoms with E-state index in [9.17, 15) is 4.79 Å². The van der Waals surface area contributed by atoms with Gasteiger partial charge < -0.3 is 4.74 Å². The van der Waals surface area contributed by atoms with Crippen molar-refractivity contribution in [3.8, 4) is 5.69 Å². The smallest absolute Gasteiger partial charge is 0.338 e. The molecule has 3 aromatic rings. The minimum absolute atomic E-state index is 0.255. The van der Waals surface area contributed by atoms with Crippen molar-refractivity contribution >= 4 is 17.6 Å². The summed E-state index contributed by atoms with van der Waals surface area (Å²) >= 11 is 5.96. The second-order valence-corrected chi connectivity index (χ2v) is 7.49. The van der Waals surface area contributed by atoms with Crippen molar-refractivity contribution in [3.05, 3.63) is 75.8 Å². The van der Waals surface area contributed by atoms with Crippen LogP contribution in [0.2, 0.25) is 5.02 Å². The lowest BCUT2D eigenvalue weighted by molar-refractivity contribution is 0.0525. The highest BCUT2D eigenvalue weighted by molar-refractivity contribution is 6.30. The number of hydrogen-bond donors (Lipinski definition) is 0. The van der Waals surface area contributed by atoms with Crippen molar-refractivity contribution in [3.63, 3.8) is 0 Å². The first-order valence-corrected chi connectivity index (χ1v) is 9.91. The number of esters is 1. The number of carbonyl (C=O) groups excluding carboxylic acids is 1. The zero-order valence-corrected chi connectivity index (χ0v) is 16.7. The number of nitrogens with zero attached hydrogens (tertiary/aromatic N) is 3. The van der Waals surface area contributed by atoms with Gasteiger partial charge >= 0.3 is 5.97 Å². The molecule has 0 unspecified atom stereocenters. The van der Waals surface area contributed by atoms with Crippen LogP contribution in [0.4, 0.5) is 0 Å². The summed E-state index contributed by atoms with van der Waals surface area (Å²) in [6, 6.07) is 13.5. The Hall–Kier alpha value is -2.66. The summed E-state index contributed by atoms with van der Waals surface area (Å²) in [5.41, 5.74) is 3.73. The number of aryl methyl sites for hydroxylation is 1. The minimum atomic E-state index is -0.255. The van der Waals surface area contributed by atoms with E-state index >= 15 is 0 Å². The fourth-order valence-electron chi connectivity index (χ4n) is 3.36. The Labute approximate surface area is 169 Å². The zero-order chi connectivity index (χ0) is 19.7. The van der Waals surface area contributed by atoms with Gasteiger partial charge in [0.05, 0.1) is 17.9 Å². The van der Waals surface area contributed by atoms with Crippen LogP contribution < -0.4 is 0 Å². The van der Waals surface area contributed by atoms with Gasteiger partial charge in [0.15, 0.2) is 5.82 Å². The van der Waals surface area contributed by atoms with Crippen molar-refractivity contribution in [2.75, 3.05) is 6.61 Å². The minimum Gasteiger partial charge on any atom is -0.462 e. The number of carbonyl (C=O) groups is 1. The van der Waals surface area contributed by atoms with Crippen LogP contribution in [0.25, 0.3) is 5.69 Å². The molecular formula is C22H22ClN3O2. The summed E-state index contributed by atoms with van der Waals surface area (Å²) in [5, 5.41) is 5.40. The molecule has 1 aliphatic carbocycles. The van der Waals surface area contributed by atoms with Crippen LogP contribution in [0.15, 0.2) is 42.5 Å². The number of benzene rings is 2. The molecule has 2 aromatic carbocycles. The Balaban J connectivity index is 1.63. The third-order valence-corrected chi connectivity index (χ3v) is 5.13. The lowest BCUT2D eigenvalue weighted by Crippen LogP contribution is -2.09. The van der Waals surface area contributed by atoms with Crippen LogP contribution in [0.3, 0.4) is 0 Å². The van der Waals surface area contributed by atoms with Gasteiger partial charge in [0.2, 0.25) is 0 Å². The molecule has 28 heavy (non-hydrogen) atoms. The molecule has 0 N–H and O–H groups in total. The fourth-order valence-corrected chi connectivity index (χ4v) is 3.48. The van der Waals surface area contributed by atoms with E-state index in [4.69, 9.17) is 16.3 Å². The Kier molecular flexibility index (Phi) is 5.18. The Morgan fingerprint density at radius 1 is 1.21 bits per heavy atom. The first-order chi connectivity index (χ1) is 13.5. The zero-order valence-electron chi connectivity index (χ0n) is 16.0. The average molecular weight is 396 g/mol. The monoisotopic (exact) mass is 395 g/mol. The molecule has 1 heterocycles. The topological polar surface area (TPSA) is 57.0 Å². The van der Waals surface area contributed by atoms with Gasteiger partial charge in [-0.3, -0.25) is 0 Å². The number of aromatic nitrogens is 3. The highest BCUT2D eigenvalue weighted by atomic mass is 35.5. The Morgan fingerprint density at radius 3 is 2.64 bits per heavy atom. The molecule has 0 bridgehead atoms. The summed E-state index contributed by atoms with van der Waals surface area (Å²) in [5.74, 6) is 1.74. The molecule has 6 heteroatoms. The number of halogens is 1. The average Bonchev–Trinajstić information content (AvgIpc) is 3.47. The normalized spacial score (nSPS) is 13.5. The van der Waals surface area contributed by atoms with Crippen LogP contribution >= 0.6 is 11.6 Å². The highest BCUT2D eigenvalue weighted by Crippen LogP contribution is 2.42. The van der Waals surface area contributed by atoms with Crippen LogP contribution in [0, 0.1) is 6.92 Å². The molecular weight excluding hydrogens is 374 g/mol. The largest absolute Gasteiger partial charge is 0.462 e. The molecule has 0 atom stereocenters. The molecule has 1 saturated carbocycles. The summed E-state index contributed by atoms with van der Waals surface area (Å²) in [6.07, 6.45) is 2.85. The van der Waals surface area contributed by atoms with Crippen LogP contribution in [-0.2, 0) is 11.2 Å². The van der Waals surface area contributed by atoms with E-state index in [2.05, 4.69) is 16.1 Å². The van der Waals surface area contributed by atoms with Gasteiger partial charge in [0, 0.05) is 11.4 Å². The first-order valence-electron chi connectivity index (χ1n) is 9.53. The standard InChI is InChI=1S/C22H22ClN3O2/c1-3-28-22(27)19-11-10-18(13-20(19)16-6-7-16)26-14(2)24-21(25-26)12-15-4-8-17(23)9-5-15/h4-5,8-11,13,16H,3,6-7,12H2,1-2H3. The predicted molar refractivity (Wildman–Crippen MR) is 108 cm³/mol. The summed E-state index contributed by atoms with van der Waals surface area (Å²) in [6.45, 7) is 4.14. The van der Waals surface area contributed by atoms with Crippen LogP contribution in [0.5, 0.6) is 0 Å². The third kappa shape index (κ3) is 3.94. The van der Waals surface area contributed by atoms with E-state index in [0.717, 1.165) is 41.3 Å². The molecule has 4 rings (SSSR count). The van der Waals surface area contributed by atoms with Gasteiger partial charge in [-0.25, -0.2) is 14.5 Å². The lowest BCUT2D eigenvalue weighted by atomic mass is 10.0. The maximum absolute atomic E-state index is 12.3. The fraction of sp³-hybridized carbons (Fsp3) is 0.318. The molecule has 1 aromatic heterocycles. The van der Waals surface area contributed by atoms with Crippen molar-refractivity contribution in [1.82, 2.24) is 14.8 Å². The lowest BCUT2D eigenvalue weighted by Gasteiger charge is -2.11. The van der Waals surface area contributed by atoms with E-state index in [-0.39, 0.29) is 5.97 Å². The first kappa shape index (κ1) is 18.7. The highest BCUT2D eigenvalue weighted by Gasteiger charge is 2.29. The maximum atomic E-state index is 12.3. The van der Waals surface area contributed by atoms with Crippen molar-refractivity contribution in [2.45, 2.75) is 39.0 Å². The molecule has 144 valence electrons. The summed E-state index contributed by atoms with van der Waals surface area (Å²) in [7, 11) is 0. The van der Waals surface area contributed by atoms with Crippen LogP contribution in [-0.4, -0.2) is 27.3 Å². The number of hydrogen-bond acceptors (Lipinski definition) is 4. The maximum Gasteiger partial charge on any atom is 0.338 e. The van der Waals surface area contributed by atoms with Gasteiger partial charge in [0.1, 0.15) is 5.82 Å². The van der Waals surface area contributed by atoms with E-state index in [1.165, 1.54) is 0 Å². The SMILES string of the molecule is CCOC(=O)c1ccc(-n2nc(Cc3ccc(Cl)cc3)nc2C)cc1C1CC1. The van der Waals surface area contributed by atoms with E-state index in [0.29, 0.717) is 29.5 Å². The molecule has 0 saturated heterocycles. The number of rotatable bonds is 6. The van der Waals surface area contributed by atoms with Gasteiger partial charge in [0.25, 0.3) is 0 Å². The molecule has 0 amide bonds. The van der Waals surface area contributed by atoms with E-state index in [1.54, 1.807) is 0 Å². The molecule has 0 spiro atoms. The van der Waals surface area contributed by atoms with Gasteiger partial charge in [-0.05, 0) is 74.1 Å².